The standard InChI is InChI=1S/C25H24N2O4/c28-24(20-12-10-19(11-13-20)18-31-21-6-2-1-3-7-21)26-23-9-5-4-8-22(23)25(29)27-14-16-30-17-15-27/h1-13H,14-18H2,(H,26,28). The summed E-state index contributed by atoms with van der Waals surface area (Å²) in [5, 5.41) is 2.88. The summed E-state index contributed by atoms with van der Waals surface area (Å²) in [6, 6.07) is 23.9. The van der Waals surface area contributed by atoms with Crippen LogP contribution in [0.3, 0.4) is 0 Å². The molecular weight excluding hydrogens is 392 g/mol. The molecule has 1 aliphatic rings. The first-order valence-corrected chi connectivity index (χ1v) is 10.2. The van der Waals surface area contributed by atoms with Crippen LogP contribution in [0.25, 0.3) is 0 Å². The van der Waals surface area contributed by atoms with Gasteiger partial charge in [-0.05, 0) is 42.0 Å². The van der Waals surface area contributed by atoms with Crippen molar-refractivity contribution in [2.45, 2.75) is 6.61 Å². The summed E-state index contributed by atoms with van der Waals surface area (Å²) in [4.78, 5) is 27.4. The molecule has 2 amide bonds. The van der Waals surface area contributed by atoms with E-state index in [0.29, 0.717) is 49.7 Å². The quantitative estimate of drug-likeness (QED) is 0.660. The van der Waals surface area contributed by atoms with Crippen LogP contribution in [0, 0.1) is 0 Å². The van der Waals surface area contributed by atoms with Crippen LogP contribution in [0.15, 0.2) is 78.9 Å². The highest BCUT2D eigenvalue weighted by molar-refractivity contribution is 6.09. The van der Waals surface area contributed by atoms with Crippen LogP contribution in [0.4, 0.5) is 5.69 Å². The molecule has 1 N–H and O–H groups in total. The second-order valence-electron chi connectivity index (χ2n) is 7.20. The summed E-state index contributed by atoms with van der Waals surface area (Å²) in [5.74, 6) is 0.427. The van der Waals surface area contributed by atoms with Gasteiger partial charge in [0.25, 0.3) is 11.8 Å². The van der Waals surface area contributed by atoms with E-state index in [9.17, 15) is 9.59 Å². The van der Waals surface area contributed by atoms with Crippen LogP contribution in [-0.4, -0.2) is 43.0 Å². The predicted molar refractivity (Wildman–Crippen MR) is 118 cm³/mol. The van der Waals surface area contributed by atoms with E-state index in [4.69, 9.17) is 9.47 Å². The van der Waals surface area contributed by atoms with Crippen LogP contribution in [-0.2, 0) is 11.3 Å². The van der Waals surface area contributed by atoms with Gasteiger partial charge in [-0.25, -0.2) is 0 Å². The zero-order valence-electron chi connectivity index (χ0n) is 17.1. The monoisotopic (exact) mass is 416 g/mol. The molecule has 4 rings (SSSR count). The van der Waals surface area contributed by atoms with Crippen LogP contribution < -0.4 is 10.1 Å². The molecule has 0 saturated carbocycles. The lowest BCUT2D eigenvalue weighted by atomic mass is 10.1. The van der Waals surface area contributed by atoms with Crippen molar-refractivity contribution in [3.8, 4) is 5.75 Å². The Morgan fingerprint density at radius 3 is 2.29 bits per heavy atom. The number of anilines is 1. The van der Waals surface area contributed by atoms with Crippen molar-refractivity contribution in [2.75, 3.05) is 31.6 Å². The first kappa shape index (κ1) is 20.6. The molecule has 6 nitrogen and oxygen atoms in total. The molecule has 31 heavy (non-hydrogen) atoms. The van der Waals surface area contributed by atoms with Crippen molar-refractivity contribution in [1.29, 1.82) is 0 Å². The number of hydrogen-bond donors (Lipinski definition) is 1. The number of nitrogens with zero attached hydrogens (tertiary/aromatic N) is 1. The minimum Gasteiger partial charge on any atom is -0.489 e. The van der Waals surface area contributed by atoms with E-state index in [2.05, 4.69) is 5.32 Å². The molecule has 0 aromatic heterocycles. The molecule has 1 heterocycles. The fourth-order valence-electron chi connectivity index (χ4n) is 3.35. The van der Waals surface area contributed by atoms with Gasteiger partial charge in [0.05, 0.1) is 24.5 Å². The molecule has 0 radical (unpaired) electrons. The second-order valence-corrected chi connectivity index (χ2v) is 7.20. The Hall–Kier alpha value is -3.64. The Balaban J connectivity index is 1.41. The first-order valence-electron chi connectivity index (χ1n) is 10.2. The number of rotatable bonds is 6. The van der Waals surface area contributed by atoms with E-state index in [-0.39, 0.29) is 11.8 Å². The van der Waals surface area contributed by atoms with Crippen LogP contribution in [0.2, 0.25) is 0 Å². The highest BCUT2D eigenvalue weighted by Gasteiger charge is 2.21. The molecule has 1 fully saturated rings. The van der Waals surface area contributed by atoms with E-state index < -0.39 is 0 Å². The third kappa shape index (κ3) is 5.29. The molecule has 0 atom stereocenters. The Kier molecular flexibility index (Phi) is 6.59. The van der Waals surface area contributed by atoms with Gasteiger partial charge in [0, 0.05) is 18.7 Å². The molecular formula is C25H24N2O4. The van der Waals surface area contributed by atoms with Gasteiger partial charge in [0.2, 0.25) is 0 Å². The molecule has 0 bridgehead atoms. The molecule has 3 aromatic rings. The molecule has 1 aliphatic heterocycles. The Morgan fingerprint density at radius 1 is 0.871 bits per heavy atom. The summed E-state index contributed by atoms with van der Waals surface area (Å²) in [6.45, 7) is 2.57. The summed E-state index contributed by atoms with van der Waals surface area (Å²) < 4.78 is 11.1. The number of para-hydroxylation sites is 2. The maximum absolute atomic E-state index is 12.9. The molecule has 6 heteroatoms. The largest absolute Gasteiger partial charge is 0.489 e. The Bertz CT molecular complexity index is 1030. The fourth-order valence-corrected chi connectivity index (χ4v) is 3.35. The summed E-state index contributed by atoms with van der Waals surface area (Å²) in [6.07, 6.45) is 0. The number of carbonyl (C=O) groups is 2. The van der Waals surface area contributed by atoms with Crippen molar-refractivity contribution in [2.24, 2.45) is 0 Å². The minimum atomic E-state index is -0.266. The van der Waals surface area contributed by atoms with Crippen molar-refractivity contribution < 1.29 is 19.1 Å². The number of ether oxygens (including phenoxy) is 2. The lowest BCUT2D eigenvalue weighted by Gasteiger charge is -2.27. The van der Waals surface area contributed by atoms with E-state index in [0.717, 1.165) is 11.3 Å². The number of benzene rings is 3. The van der Waals surface area contributed by atoms with Gasteiger partial charge in [0.1, 0.15) is 12.4 Å². The number of carbonyl (C=O) groups excluding carboxylic acids is 2. The Morgan fingerprint density at radius 2 is 1.55 bits per heavy atom. The zero-order chi connectivity index (χ0) is 21.5. The van der Waals surface area contributed by atoms with Crippen molar-refractivity contribution >= 4 is 17.5 Å². The van der Waals surface area contributed by atoms with E-state index in [1.54, 1.807) is 41.3 Å². The molecule has 158 valence electrons. The van der Waals surface area contributed by atoms with Gasteiger partial charge in [0.15, 0.2) is 0 Å². The summed E-state index contributed by atoms with van der Waals surface area (Å²) in [5.41, 5.74) is 2.45. The van der Waals surface area contributed by atoms with E-state index in [1.807, 2.05) is 42.5 Å². The number of amides is 2. The second kappa shape index (κ2) is 9.91. The fraction of sp³-hybridized carbons (Fsp3) is 0.200. The van der Waals surface area contributed by atoms with E-state index >= 15 is 0 Å². The van der Waals surface area contributed by atoms with E-state index in [1.165, 1.54) is 0 Å². The predicted octanol–water partition coefficient (Wildman–Crippen LogP) is 3.99. The highest BCUT2D eigenvalue weighted by Crippen LogP contribution is 2.20. The third-order valence-electron chi connectivity index (χ3n) is 5.07. The summed E-state index contributed by atoms with van der Waals surface area (Å²) >= 11 is 0. The smallest absolute Gasteiger partial charge is 0.256 e. The lowest BCUT2D eigenvalue weighted by molar-refractivity contribution is 0.0303. The molecule has 1 saturated heterocycles. The van der Waals surface area contributed by atoms with Gasteiger partial charge in [-0.15, -0.1) is 0 Å². The van der Waals surface area contributed by atoms with Crippen LogP contribution >= 0.6 is 0 Å². The van der Waals surface area contributed by atoms with Gasteiger partial charge < -0.3 is 19.7 Å². The van der Waals surface area contributed by atoms with Crippen LogP contribution in [0.5, 0.6) is 5.75 Å². The molecule has 0 spiro atoms. The SMILES string of the molecule is O=C(Nc1ccccc1C(=O)N1CCOCC1)c1ccc(COc2ccccc2)cc1. The topological polar surface area (TPSA) is 67.9 Å². The number of hydrogen-bond acceptors (Lipinski definition) is 4. The molecule has 0 unspecified atom stereocenters. The number of morpholine rings is 1. The average Bonchev–Trinajstić information content (AvgIpc) is 2.84. The van der Waals surface area contributed by atoms with Crippen molar-refractivity contribution in [3.63, 3.8) is 0 Å². The third-order valence-corrected chi connectivity index (χ3v) is 5.07. The highest BCUT2D eigenvalue weighted by atomic mass is 16.5. The van der Waals surface area contributed by atoms with Crippen molar-refractivity contribution in [3.05, 3.63) is 95.6 Å². The maximum atomic E-state index is 12.9. The first-order chi connectivity index (χ1) is 15.2. The Labute approximate surface area is 181 Å². The van der Waals surface area contributed by atoms with Gasteiger partial charge in [-0.3, -0.25) is 9.59 Å². The summed E-state index contributed by atoms with van der Waals surface area (Å²) in [7, 11) is 0. The average molecular weight is 416 g/mol. The lowest BCUT2D eigenvalue weighted by Crippen LogP contribution is -2.41. The van der Waals surface area contributed by atoms with Crippen molar-refractivity contribution in [1.82, 2.24) is 4.90 Å². The van der Waals surface area contributed by atoms with Gasteiger partial charge in [-0.1, -0.05) is 42.5 Å². The maximum Gasteiger partial charge on any atom is 0.256 e. The zero-order valence-corrected chi connectivity index (χ0v) is 17.1. The molecule has 3 aromatic carbocycles. The molecule has 0 aliphatic carbocycles. The van der Waals surface area contributed by atoms with Gasteiger partial charge >= 0.3 is 0 Å². The minimum absolute atomic E-state index is 0.104. The normalized spacial score (nSPS) is 13.5. The van der Waals surface area contributed by atoms with Crippen LogP contribution in [0.1, 0.15) is 26.3 Å². The number of nitrogens with one attached hydrogen (secondary N) is 1. The van der Waals surface area contributed by atoms with Gasteiger partial charge in [-0.2, -0.15) is 0 Å².